The van der Waals surface area contributed by atoms with E-state index in [1.807, 2.05) is 18.7 Å². The van der Waals surface area contributed by atoms with Crippen molar-refractivity contribution in [2.24, 2.45) is 11.8 Å². The van der Waals surface area contributed by atoms with Gasteiger partial charge in [0.05, 0.1) is 13.0 Å². The Morgan fingerprint density at radius 2 is 2.14 bits per heavy atom. The van der Waals surface area contributed by atoms with E-state index in [-0.39, 0.29) is 29.5 Å². The molecule has 1 fully saturated rings. The van der Waals surface area contributed by atoms with Crippen LogP contribution in [0, 0.1) is 11.8 Å². The lowest BCUT2D eigenvalue weighted by molar-refractivity contribution is -0.145. The summed E-state index contributed by atoms with van der Waals surface area (Å²) >= 11 is 0. The number of rotatable bonds is 4. The first-order valence-corrected chi connectivity index (χ1v) is 7.00. The summed E-state index contributed by atoms with van der Waals surface area (Å²) in [5.41, 5.74) is 0.0107. The molecule has 1 aromatic heterocycles. The molecule has 0 saturated carbocycles. The number of aromatic nitrogens is 1. The van der Waals surface area contributed by atoms with Gasteiger partial charge in [0.1, 0.15) is 5.82 Å². The van der Waals surface area contributed by atoms with Crippen LogP contribution in [0.1, 0.15) is 30.8 Å². The SMILES string of the molecule is COC(=O)[C@H]1CCN(c2cccc(C(=O)O)n2)[C@H]1C(C)C. The number of nitrogens with zero attached hydrogens (tertiary/aromatic N) is 2. The van der Waals surface area contributed by atoms with Crippen LogP contribution in [0.2, 0.25) is 0 Å². The fourth-order valence-electron chi connectivity index (χ4n) is 3.02. The van der Waals surface area contributed by atoms with Gasteiger partial charge in [-0.2, -0.15) is 0 Å². The maximum Gasteiger partial charge on any atom is 0.354 e. The number of ether oxygens (including phenoxy) is 1. The van der Waals surface area contributed by atoms with Gasteiger partial charge in [0.2, 0.25) is 0 Å². The van der Waals surface area contributed by atoms with E-state index in [4.69, 9.17) is 9.84 Å². The summed E-state index contributed by atoms with van der Waals surface area (Å²) in [6, 6.07) is 4.88. The van der Waals surface area contributed by atoms with Gasteiger partial charge in [0.15, 0.2) is 5.69 Å². The molecule has 0 aromatic carbocycles. The molecule has 1 aromatic rings. The predicted octanol–water partition coefficient (Wildman–Crippen LogP) is 1.80. The van der Waals surface area contributed by atoms with Crippen molar-refractivity contribution in [1.29, 1.82) is 0 Å². The second-order valence-electron chi connectivity index (χ2n) is 5.53. The third-order valence-corrected chi connectivity index (χ3v) is 3.89. The number of carbonyl (C=O) groups is 2. The standard InChI is InChI=1S/C15H20N2O4/c1-9(2)13-10(15(20)21-3)7-8-17(13)12-6-4-5-11(16-12)14(18)19/h4-6,9-10,13H,7-8H2,1-3H3,(H,18,19)/t10-,13-/m0/s1. The zero-order valence-electron chi connectivity index (χ0n) is 12.4. The van der Waals surface area contributed by atoms with Crippen molar-refractivity contribution in [2.45, 2.75) is 26.3 Å². The zero-order chi connectivity index (χ0) is 15.6. The van der Waals surface area contributed by atoms with Gasteiger partial charge in [-0.3, -0.25) is 4.79 Å². The minimum absolute atomic E-state index is 0.0107. The number of carbonyl (C=O) groups excluding carboxylic acids is 1. The zero-order valence-corrected chi connectivity index (χ0v) is 12.4. The number of carboxylic acids is 1. The van der Waals surface area contributed by atoms with Crippen molar-refractivity contribution in [1.82, 2.24) is 4.98 Å². The average molecular weight is 292 g/mol. The van der Waals surface area contributed by atoms with E-state index >= 15 is 0 Å². The van der Waals surface area contributed by atoms with Gasteiger partial charge in [0, 0.05) is 12.6 Å². The Morgan fingerprint density at radius 1 is 1.43 bits per heavy atom. The van der Waals surface area contributed by atoms with Crippen molar-refractivity contribution in [2.75, 3.05) is 18.6 Å². The van der Waals surface area contributed by atoms with Gasteiger partial charge in [0.25, 0.3) is 0 Å². The molecule has 1 aliphatic heterocycles. The number of methoxy groups -OCH3 is 1. The summed E-state index contributed by atoms with van der Waals surface area (Å²) in [5.74, 6) is -0.649. The lowest BCUT2D eigenvalue weighted by Gasteiger charge is -2.31. The molecule has 114 valence electrons. The van der Waals surface area contributed by atoms with Crippen LogP contribution in [0.15, 0.2) is 18.2 Å². The Morgan fingerprint density at radius 3 is 2.71 bits per heavy atom. The minimum atomic E-state index is -1.05. The number of aromatic carboxylic acids is 1. The molecule has 0 radical (unpaired) electrons. The van der Waals surface area contributed by atoms with Crippen molar-refractivity contribution < 1.29 is 19.4 Å². The second-order valence-corrected chi connectivity index (χ2v) is 5.53. The molecule has 0 unspecified atom stereocenters. The van der Waals surface area contributed by atoms with Crippen LogP contribution in [-0.2, 0) is 9.53 Å². The summed E-state index contributed by atoms with van der Waals surface area (Å²) in [4.78, 5) is 29.2. The maximum atomic E-state index is 11.9. The molecule has 6 nitrogen and oxygen atoms in total. The number of carboxylic acid groups (broad SMARTS) is 1. The van der Waals surface area contributed by atoms with E-state index in [2.05, 4.69) is 4.98 Å². The van der Waals surface area contributed by atoms with E-state index in [0.717, 1.165) is 0 Å². The van der Waals surface area contributed by atoms with Crippen molar-refractivity contribution in [3.8, 4) is 0 Å². The van der Waals surface area contributed by atoms with E-state index in [0.29, 0.717) is 18.8 Å². The highest BCUT2D eigenvalue weighted by Gasteiger charge is 2.41. The summed E-state index contributed by atoms with van der Waals surface area (Å²) in [7, 11) is 1.39. The van der Waals surface area contributed by atoms with E-state index in [9.17, 15) is 9.59 Å². The Balaban J connectivity index is 2.32. The molecule has 1 aliphatic rings. The molecule has 2 rings (SSSR count). The Kier molecular flexibility index (Phi) is 4.45. The van der Waals surface area contributed by atoms with Crippen molar-refractivity contribution >= 4 is 17.8 Å². The van der Waals surface area contributed by atoms with Crippen LogP contribution in [-0.4, -0.2) is 41.7 Å². The van der Waals surface area contributed by atoms with Crippen molar-refractivity contribution in [3.63, 3.8) is 0 Å². The first-order chi connectivity index (χ1) is 9.95. The fourth-order valence-corrected chi connectivity index (χ4v) is 3.02. The molecule has 6 heteroatoms. The van der Waals surface area contributed by atoms with Crippen LogP contribution in [0.25, 0.3) is 0 Å². The molecule has 21 heavy (non-hydrogen) atoms. The quantitative estimate of drug-likeness (QED) is 0.852. The summed E-state index contributed by atoms with van der Waals surface area (Å²) in [6.07, 6.45) is 0.689. The van der Waals surface area contributed by atoms with Gasteiger partial charge >= 0.3 is 11.9 Å². The molecule has 2 atom stereocenters. The van der Waals surface area contributed by atoms with Gasteiger partial charge in [-0.1, -0.05) is 19.9 Å². The highest BCUT2D eigenvalue weighted by atomic mass is 16.5. The van der Waals surface area contributed by atoms with Crippen LogP contribution in [0.3, 0.4) is 0 Å². The first-order valence-electron chi connectivity index (χ1n) is 7.00. The Hall–Kier alpha value is -2.11. The number of esters is 1. The Labute approximate surface area is 123 Å². The molecular formula is C15H20N2O4. The molecule has 1 N–H and O–H groups in total. The summed E-state index contributed by atoms with van der Waals surface area (Å²) in [6.45, 7) is 4.75. The largest absolute Gasteiger partial charge is 0.477 e. The highest BCUT2D eigenvalue weighted by molar-refractivity contribution is 5.85. The minimum Gasteiger partial charge on any atom is -0.477 e. The molecule has 0 amide bonds. The first kappa shape index (κ1) is 15.3. The summed E-state index contributed by atoms with van der Waals surface area (Å²) < 4.78 is 4.88. The Bertz CT molecular complexity index is 544. The topological polar surface area (TPSA) is 79.7 Å². The number of anilines is 1. The molecular weight excluding hydrogens is 272 g/mol. The third-order valence-electron chi connectivity index (χ3n) is 3.89. The molecule has 0 aliphatic carbocycles. The average Bonchev–Trinajstić information content (AvgIpc) is 2.91. The summed E-state index contributed by atoms with van der Waals surface area (Å²) in [5, 5.41) is 9.05. The monoisotopic (exact) mass is 292 g/mol. The number of pyridine rings is 1. The molecule has 0 spiro atoms. The number of hydrogen-bond acceptors (Lipinski definition) is 5. The molecule has 0 bridgehead atoms. The van der Waals surface area contributed by atoms with Crippen LogP contribution in [0.4, 0.5) is 5.82 Å². The molecule has 2 heterocycles. The van der Waals surface area contributed by atoms with Crippen molar-refractivity contribution in [3.05, 3.63) is 23.9 Å². The third kappa shape index (κ3) is 2.99. The lowest BCUT2D eigenvalue weighted by Crippen LogP contribution is -2.40. The van der Waals surface area contributed by atoms with Crippen LogP contribution < -0.4 is 4.90 Å². The highest BCUT2D eigenvalue weighted by Crippen LogP contribution is 2.33. The van der Waals surface area contributed by atoms with E-state index < -0.39 is 5.97 Å². The van der Waals surface area contributed by atoms with Crippen LogP contribution >= 0.6 is 0 Å². The molecule has 1 saturated heterocycles. The van der Waals surface area contributed by atoms with Gasteiger partial charge in [-0.25, -0.2) is 9.78 Å². The van der Waals surface area contributed by atoms with Crippen LogP contribution in [0.5, 0.6) is 0 Å². The van der Waals surface area contributed by atoms with Gasteiger partial charge in [-0.15, -0.1) is 0 Å². The smallest absolute Gasteiger partial charge is 0.354 e. The van der Waals surface area contributed by atoms with Gasteiger partial charge in [-0.05, 0) is 24.5 Å². The number of hydrogen-bond donors (Lipinski definition) is 1. The lowest BCUT2D eigenvalue weighted by atomic mass is 9.91. The fraction of sp³-hybridized carbons (Fsp3) is 0.533. The second kappa shape index (κ2) is 6.11. The van der Waals surface area contributed by atoms with Gasteiger partial charge < -0.3 is 14.7 Å². The maximum absolute atomic E-state index is 11.9. The predicted molar refractivity (Wildman–Crippen MR) is 77.3 cm³/mol. The van der Waals surface area contributed by atoms with E-state index in [1.165, 1.54) is 13.2 Å². The van der Waals surface area contributed by atoms with E-state index in [1.54, 1.807) is 12.1 Å². The normalized spacial score (nSPS) is 21.6.